The molecule has 0 aliphatic heterocycles. The first kappa shape index (κ1) is 16.0. The van der Waals surface area contributed by atoms with Gasteiger partial charge in [-0.1, -0.05) is 6.92 Å². The molecule has 0 fully saturated rings. The lowest BCUT2D eigenvalue weighted by atomic mass is 10.3. The Balaban J connectivity index is 2.73. The molecule has 8 heteroatoms. The van der Waals surface area contributed by atoms with Crippen LogP contribution in [0, 0.1) is 6.92 Å². The summed E-state index contributed by atoms with van der Waals surface area (Å²) in [4.78, 5) is 11.4. The van der Waals surface area contributed by atoms with Gasteiger partial charge in [-0.15, -0.1) is 0 Å². The van der Waals surface area contributed by atoms with Crippen molar-refractivity contribution in [2.24, 2.45) is 0 Å². The molecule has 0 saturated heterocycles. The van der Waals surface area contributed by atoms with Gasteiger partial charge in [-0.3, -0.25) is 9.48 Å². The van der Waals surface area contributed by atoms with Gasteiger partial charge in [0.05, 0.1) is 16.7 Å². The number of aryl methyl sites for hydroxylation is 1. The first-order chi connectivity index (χ1) is 8.77. The first-order valence-electron chi connectivity index (χ1n) is 5.84. The van der Waals surface area contributed by atoms with Gasteiger partial charge in [0.2, 0.25) is 5.91 Å². The van der Waals surface area contributed by atoms with Crippen LogP contribution in [-0.4, -0.2) is 22.2 Å². The smallest absolute Gasteiger partial charge is 0.356 e. The molecule has 108 valence electrons. The molecule has 1 N–H and O–H groups in total. The molecule has 0 aliphatic carbocycles. The van der Waals surface area contributed by atoms with E-state index in [0.29, 0.717) is 12.2 Å². The molecule has 1 rings (SSSR count). The summed E-state index contributed by atoms with van der Waals surface area (Å²) in [6.07, 6.45) is -3.58. The number of rotatable bonds is 5. The number of nitrogens with zero attached hydrogens (tertiary/aromatic N) is 2. The van der Waals surface area contributed by atoms with Crippen LogP contribution >= 0.6 is 15.9 Å². The number of nitrogens with one attached hydrogen (secondary N) is 1. The molecular weight excluding hydrogens is 327 g/mol. The van der Waals surface area contributed by atoms with E-state index in [1.54, 1.807) is 0 Å². The monoisotopic (exact) mass is 341 g/mol. The fourth-order valence-electron chi connectivity index (χ4n) is 1.48. The van der Waals surface area contributed by atoms with Crippen molar-refractivity contribution in [2.45, 2.75) is 39.4 Å². The van der Waals surface area contributed by atoms with E-state index in [9.17, 15) is 18.0 Å². The van der Waals surface area contributed by atoms with Gasteiger partial charge in [0, 0.05) is 13.0 Å². The van der Waals surface area contributed by atoms with E-state index in [1.165, 1.54) is 11.6 Å². The SMILES string of the molecule is CCCNC(=O)CCn1nc(C(F)(F)F)c(Br)c1C. The number of hydrogen-bond acceptors (Lipinski definition) is 2. The van der Waals surface area contributed by atoms with E-state index in [0.717, 1.165) is 6.42 Å². The predicted molar refractivity (Wildman–Crippen MR) is 67.6 cm³/mol. The predicted octanol–water partition coefficient (Wildman–Crippen LogP) is 2.89. The lowest BCUT2D eigenvalue weighted by Crippen LogP contribution is -2.25. The molecule has 0 saturated carbocycles. The topological polar surface area (TPSA) is 46.9 Å². The molecule has 0 unspecified atom stereocenters. The summed E-state index contributed by atoms with van der Waals surface area (Å²) in [5, 5.41) is 6.16. The molecule has 1 amide bonds. The molecular formula is C11H15BrF3N3O. The van der Waals surface area contributed by atoms with Crippen molar-refractivity contribution in [1.29, 1.82) is 0 Å². The number of carbonyl (C=O) groups excluding carboxylic acids is 1. The summed E-state index contributed by atoms with van der Waals surface area (Å²) in [7, 11) is 0. The largest absolute Gasteiger partial charge is 0.436 e. The lowest BCUT2D eigenvalue weighted by Gasteiger charge is -2.05. The Hall–Kier alpha value is -1.05. The molecule has 0 spiro atoms. The highest BCUT2D eigenvalue weighted by Crippen LogP contribution is 2.35. The summed E-state index contributed by atoms with van der Waals surface area (Å²) in [5.41, 5.74) is -0.602. The molecule has 1 aromatic rings. The number of hydrogen-bond donors (Lipinski definition) is 1. The van der Waals surface area contributed by atoms with Crippen molar-refractivity contribution < 1.29 is 18.0 Å². The second-order valence-corrected chi connectivity index (χ2v) is 4.86. The zero-order valence-electron chi connectivity index (χ0n) is 10.6. The molecule has 4 nitrogen and oxygen atoms in total. The minimum atomic E-state index is -4.50. The van der Waals surface area contributed by atoms with Crippen LogP contribution < -0.4 is 5.32 Å². The minimum Gasteiger partial charge on any atom is -0.356 e. The third-order valence-electron chi connectivity index (χ3n) is 2.52. The third kappa shape index (κ3) is 4.22. The molecule has 0 aromatic carbocycles. The van der Waals surface area contributed by atoms with Crippen LogP contribution in [0.1, 0.15) is 31.2 Å². The second kappa shape index (κ2) is 6.40. The molecule has 0 aliphatic rings. The highest BCUT2D eigenvalue weighted by molar-refractivity contribution is 9.10. The molecule has 1 heterocycles. The summed E-state index contributed by atoms with van der Waals surface area (Å²) in [6, 6.07) is 0. The van der Waals surface area contributed by atoms with E-state index in [2.05, 4.69) is 26.3 Å². The van der Waals surface area contributed by atoms with Crippen LogP contribution in [0.15, 0.2) is 4.47 Å². The molecule has 0 radical (unpaired) electrons. The van der Waals surface area contributed by atoms with Crippen molar-refractivity contribution >= 4 is 21.8 Å². The Bertz CT molecular complexity index is 457. The van der Waals surface area contributed by atoms with Gasteiger partial charge in [-0.25, -0.2) is 0 Å². The van der Waals surface area contributed by atoms with Gasteiger partial charge in [0.1, 0.15) is 0 Å². The fourth-order valence-corrected chi connectivity index (χ4v) is 1.99. The van der Waals surface area contributed by atoms with Crippen molar-refractivity contribution in [3.8, 4) is 0 Å². The average Bonchev–Trinajstić information content (AvgIpc) is 2.61. The lowest BCUT2D eigenvalue weighted by molar-refractivity contribution is -0.142. The average molecular weight is 342 g/mol. The second-order valence-electron chi connectivity index (χ2n) is 4.07. The highest BCUT2D eigenvalue weighted by Gasteiger charge is 2.37. The van der Waals surface area contributed by atoms with E-state index >= 15 is 0 Å². The van der Waals surface area contributed by atoms with Gasteiger partial charge in [0.25, 0.3) is 0 Å². The van der Waals surface area contributed by atoms with Crippen LogP contribution in [0.3, 0.4) is 0 Å². The summed E-state index contributed by atoms with van der Waals surface area (Å²) in [6.45, 7) is 4.13. The molecule has 0 bridgehead atoms. The standard InChI is InChI=1S/C11H15BrF3N3O/c1-3-5-16-8(19)4-6-18-7(2)9(12)10(17-18)11(13,14)15/h3-6H2,1-2H3,(H,16,19). The quantitative estimate of drug-likeness (QED) is 0.895. The van der Waals surface area contributed by atoms with E-state index in [4.69, 9.17) is 0 Å². The zero-order chi connectivity index (χ0) is 14.6. The maximum absolute atomic E-state index is 12.6. The van der Waals surface area contributed by atoms with Crippen LogP contribution in [-0.2, 0) is 17.5 Å². The van der Waals surface area contributed by atoms with Gasteiger partial charge >= 0.3 is 6.18 Å². The molecule has 1 aromatic heterocycles. The van der Waals surface area contributed by atoms with Crippen LogP contribution in [0.2, 0.25) is 0 Å². The number of halogens is 4. The number of aromatic nitrogens is 2. The Morgan fingerprint density at radius 3 is 2.58 bits per heavy atom. The van der Waals surface area contributed by atoms with Gasteiger partial charge in [0.15, 0.2) is 5.69 Å². The summed E-state index contributed by atoms with van der Waals surface area (Å²) in [5.74, 6) is -0.193. The fraction of sp³-hybridized carbons (Fsp3) is 0.636. The third-order valence-corrected chi connectivity index (χ3v) is 3.47. The van der Waals surface area contributed by atoms with Gasteiger partial charge in [-0.2, -0.15) is 18.3 Å². The normalized spacial score (nSPS) is 11.7. The van der Waals surface area contributed by atoms with Gasteiger partial charge < -0.3 is 5.32 Å². The Morgan fingerprint density at radius 1 is 1.47 bits per heavy atom. The van der Waals surface area contributed by atoms with E-state index < -0.39 is 11.9 Å². The van der Waals surface area contributed by atoms with Crippen molar-refractivity contribution in [2.75, 3.05) is 6.54 Å². The first-order valence-corrected chi connectivity index (χ1v) is 6.63. The van der Waals surface area contributed by atoms with Gasteiger partial charge in [-0.05, 0) is 29.3 Å². The number of alkyl halides is 3. The van der Waals surface area contributed by atoms with Crippen molar-refractivity contribution in [3.05, 3.63) is 15.9 Å². The summed E-state index contributed by atoms with van der Waals surface area (Å²) >= 11 is 2.88. The zero-order valence-corrected chi connectivity index (χ0v) is 12.2. The number of amides is 1. The van der Waals surface area contributed by atoms with Crippen LogP contribution in [0.5, 0.6) is 0 Å². The molecule has 0 atom stereocenters. The maximum Gasteiger partial charge on any atom is 0.436 e. The minimum absolute atomic E-state index is 0.0750. The van der Waals surface area contributed by atoms with E-state index in [1.807, 2.05) is 6.92 Å². The van der Waals surface area contributed by atoms with Crippen molar-refractivity contribution in [1.82, 2.24) is 15.1 Å². The Labute approximate surface area is 117 Å². The highest BCUT2D eigenvalue weighted by atomic mass is 79.9. The Morgan fingerprint density at radius 2 is 2.11 bits per heavy atom. The maximum atomic E-state index is 12.6. The van der Waals surface area contributed by atoms with E-state index in [-0.39, 0.29) is 23.3 Å². The van der Waals surface area contributed by atoms with Crippen molar-refractivity contribution in [3.63, 3.8) is 0 Å². The Kier molecular flexibility index (Phi) is 5.39. The number of carbonyl (C=O) groups is 1. The molecule has 19 heavy (non-hydrogen) atoms. The van der Waals surface area contributed by atoms with Crippen LogP contribution in [0.25, 0.3) is 0 Å². The summed E-state index contributed by atoms with van der Waals surface area (Å²) < 4.78 is 39.0. The van der Waals surface area contributed by atoms with Crippen LogP contribution in [0.4, 0.5) is 13.2 Å².